The van der Waals surface area contributed by atoms with E-state index in [2.05, 4.69) is 16.3 Å². The Labute approximate surface area is 161 Å². The Hall–Kier alpha value is -2.79. The van der Waals surface area contributed by atoms with Crippen molar-refractivity contribution in [1.29, 1.82) is 5.26 Å². The van der Waals surface area contributed by atoms with Crippen LogP contribution in [0, 0.1) is 17.2 Å². The summed E-state index contributed by atoms with van der Waals surface area (Å²) in [7, 11) is 0. The van der Waals surface area contributed by atoms with Crippen LogP contribution in [0.4, 0.5) is 0 Å². The number of hydrogen-bond acceptors (Lipinski definition) is 6. The number of nitriles is 1. The van der Waals surface area contributed by atoms with E-state index in [1.165, 1.54) is 11.3 Å². The Morgan fingerprint density at radius 1 is 1.11 bits per heavy atom. The Morgan fingerprint density at radius 2 is 1.93 bits per heavy atom. The lowest BCUT2D eigenvalue weighted by Gasteiger charge is -2.36. The van der Waals surface area contributed by atoms with E-state index < -0.39 is 11.8 Å². The second-order valence-electron chi connectivity index (χ2n) is 6.89. The van der Waals surface area contributed by atoms with Crippen molar-refractivity contribution in [1.82, 2.24) is 20.0 Å². The Kier molecular flexibility index (Phi) is 4.86. The van der Waals surface area contributed by atoms with Gasteiger partial charge >= 0.3 is 11.8 Å². The molecule has 8 heteroatoms. The predicted molar refractivity (Wildman–Crippen MR) is 99.2 cm³/mol. The third kappa shape index (κ3) is 3.55. The van der Waals surface area contributed by atoms with Crippen LogP contribution in [0.5, 0.6) is 0 Å². The maximum atomic E-state index is 12.6. The number of rotatable bonds is 4. The number of carbonyl (C=O) groups is 2. The SMILES string of the molecule is N#CC1CCC(N2CCN(Cc3nnc(-c4ccccc4)s3)C(=O)C2=O)C1. The molecule has 1 aromatic carbocycles. The third-order valence-corrected chi connectivity index (χ3v) is 6.14. The van der Waals surface area contributed by atoms with Crippen molar-refractivity contribution in [3.63, 3.8) is 0 Å². The summed E-state index contributed by atoms with van der Waals surface area (Å²) in [5, 5.41) is 18.9. The first-order valence-corrected chi connectivity index (χ1v) is 9.84. The van der Waals surface area contributed by atoms with Gasteiger partial charge in [0.05, 0.1) is 12.6 Å². The predicted octanol–water partition coefficient (Wildman–Crippen LogP) is 2.07. The van der Waals surface area contributed by atoms with Gasteiger partial charge < -0.3 is 9.80 Å². The van der Waals surface area contributed by atoms with Gasteiger partial charge in [0.25, 0.3) is 0 Å². The van der Waals surface area contributed by atoms with Gasteiger partial charge in [-0.05, 0) is 19.3 Å². The minimum absolute atomic E-state index is 0.00580. The van der Waals surface area contributed by atoms with E-state index in [0.717, 1.165) is 23.4 Å². The van der Waals surface area contributed by atoms with Gasteiger partial charge in [-0.1, -0.05) is 41.7 Å². The molecule has 2 unspecified atom stereocenters. The van der Waals surface area contributed by atoms with E-state index in [-0.39, 0.29) is 12.0 Å². The fraction of sp³-hybridized carbons (Fsp3) is 0.421. The summed E-state index contributed by atoms with van der Waals surface area (Å²) >= 11 is 1.44. The maximum absolute atomic E-state index is 12.6. The smallest absolute Gasteiger partial charge is 0.312 e. The Balaban J connectivity index is 1.40. The number of hydrogen-bond donors (Lipinski definition) is 0. The average molecular weight is 381 g/mol. The average Bonchev–Trinajstić information content (AvgIpc) is 3.36. The van der Waals surface area contributed by atoms with Crippen LogP contribution in [0.3, 0.4) is 0 Å². The summed E-state index contributed by atoms with van der Waals surface area (Å²) < 4.78 is 0. The summed E-state index contributed by atoms with van der Waals surface area (Å²) in [4.78, 5) is 28.3. The molecule has 1 aliphatic carbocycles. The molecule has 2 atom stereocenters. The van der Waals surface area contributed by atoms with Gasteiger partial charge in [-0.25, -0.2) is 0 Å². The first kappa shape index (κ1) is 17.6. The molecular weight excluding hydrogens is 362 g/mol. The van der Waals surface area contributed by atoms with E-state index in [4.69, 9.17) is 5.26 Å². The normalized spacial score (nSPS) is 22.9. The van der Waals surface area contributed by atoms with Crippen LogP contribution in [0.15, 0.2) is 30.3 Å². The summed E-state index contributed by atoms with van der Waals surface area (Å²) in [6, 6.07) is 12.0. The minimum atomic E-state index is -0.488. The van der Waals surface area contributed by atoms with E-state index in [1.807, 2.05) is 30.3 Å². The summed E-state index contributed by atoms with van der Waals surface area (Å²) in [5.41, 5.74) is 0.988. The lowest BCUT2D eigenvalue weighted by Crippen LogP contribution is -2.56. The van der Waals surface area contributed by atoms with Gasteiger partial charge in [0, 0.05) is 30.6 Å². The molecule has 2 fully saturated rings. The van der Waals surface area contributed by atoms with Gasteiger partial charge in [-0.15, -0.1) is 10.2 Å². The second-order valence-corrected chi connectivity index (χ2v) is 7.95. The maximum Gasteiger partial charge on any atom is 0.312 e. The van der Waals surface area contributed by atoms with Gasteiger partial charge in [0.15, 0.2) is 0 Å². The van der Waals surface area contributed by atoms with Crippen molar-refractivity contribution >= 4 is 23.2 Å². The molecule has 0 spiro atoms. The number of aromatic nitrogens is 2. The van der Waals surface area contributed by atoms with Gasteiger partial charge in [-0.2, -0.15) is 5.26 Å². The zero-order valence-corrected chi connectivity index (χ0v) is 15.6. The van der Waals surface area contributed by atoms with Crippen LogP contribution in [-0.2, 0) is 16.1 Å². The summed E-state index contributed by atoms with van der Waals surface area (Å²) in [5.74, 6) is -0.954. The highest BCUT2D eigenvalue weighted by atomic mass is 32.1. The Morgan fingerprint density at radius 3 is 2.67 bits per heavy atom. The zero-order valence-electron chi connectivity index (χ0n) is 14.7. The number of piperazine rings is 1. The van der Waals surface area contributed by atoms with Crippen LogP contribution in [0.2, 0.25) is 0 Å². The fourth-order valence-corrected chi connectivity index (χ4v) is 4.59. The molecule has 7 nitrogen and oxygen atoms in total. The largest absolute Gasteiger partial charge is 0.330 e. The molecule has 1 aliphatic heterocycles. The molecule has 2 amide bonds. The van der Waals surface area contributed by atoms with Crippen molar-refractivity contribution in [2.45, 2.75) is 31.8 Å². The summed E-state index contributed by atoms with van der Waals surface area (Å²) in [6.07, 6.45) is 2.27. The molecule has 4 rings (SSSR count). The molecule has 2 aliphatic rings. The fourth-order valence-electron chi connectivity index (χ4n) is 3.73. The highest BCUT2D eigenvalue weighted by Gasteiger charge is 2.39. The molecule has 1 aromatic heterocycles. The number of nitrogens with zero attached hydrogens (tertiary/aromatic N) is 5. The van der Waals surface area contributed by atoms with E-state index in [1.54, 1.807) is 9.80 Å². The molecule has 2 heterocycles. The van der Waals surface area contributed by atoms with Gasteiger partial charge in [-0.3, -0.25) is 9.59 Å². The minimum Gasteiger partial charge on any atom is -0.330 e. The van der Waals surface area contributed by atoms with Crippen LogP contribution >= 0.6 is 11.3 Å². The number of carbonyl (C=O) groups excluding carboxylic acids is 2. The molecule has 0 N–H and O–H groups in total. The first-order chi connectivity index (χ1) is 13.2. The molecule has 0 bridgehead atoms. The standard InChI is InChI=1S/C19H19N5O2S/c20-11-13-6-7-15(10-13)24-9-8-23(18(25)19(24)26)12-16-21-22-17(27-16)14-4-2-1-3-5-14/h1-5,13,15H,6-10,12H2. The van der Waals surface area contributed by atoms with Crippen molar-refractivity contribution in [3.8, 4) is 16.6 Å². The van der Waals surface area contributed by atoms with Crippen molar-refractivity contribution in [2.24, 2.45) is 5.92 Å². The van der Waals surface area contributed by atoms with Crippen molar-refractivity contribution < 1.29 is 9.59 Å². The van der Waals surface area contributed by atoms with Crippen LogP contribution < -0.4 is 0 Å². The lowest BCUT2D eigenvalue weighted by molar-refractivity contribution is -0.158. The molecule has 1 saturated heterocycles. The monoisotopic (exact) mass is 381 g/mol. The molecule has 2 aromatic rings. The molecule has 27 heavy (non-hydrogen) atoms. The van der Waals surface area contributed by atoms with E-state index >= 15 is 0 Å². The van der Waals surface area contributed by atoms with E-state index in [9.17, 15) is 9.59 Å². The molecule has 1 saturated carbocycles. The summed E-state index contributed by atoms with van der Waals surface area (Å²) in [6.45, 7) is 1.30. The van der Waals surface area contributed by atoms with Crippen molar-refractivity contribution in [2.75, 3.05) is 13.1 Å². The zero-order chi connectivity index (χ0) is 18.8. The molecular formula is C19H19N5O2S. The van der Waals surface area contributed by atoms with Crippen LogP contribution in [-0.4, -0.2) is 50.9 Å². The highest BCUT2D eigenvalue weighted by molar-refractivity contribution is 7.14. The van der Waals surface area contributed by atoms with Gasteiger partial charge in [0.2, 0.25) is 0 Å². The van der Waals surface area contributed by atoms with Crippen molar-refractivity contribution in [3.05, 3.63) is 35.3 Å². The Bertz CT molecular complexity index is 891. The quantitative estimate of drug-likeness (QED) is 0.756. The molecule has 138 valence electrons. The third-order valence-electron chi connectivity index (χ3n) is 5.18. The van der Waals surface area contributed by atoms with E-state index in [0.29, 0.717) is 31.1 Å². The van der Waals surface area contributed by atoms with Crippen LogP contribution in [0.25, 0.3) is 10.6 Å². The molecule has 0 radical (unpaired) electrons. The first-order valence-electron chi connectivity index (χ1n) is 9.03. The van der Waals surface area contributed by atoms with Crippen LogP contribution in [0.1, 0.15) is 24.3 Å². The number of benzene rings is 1. The second kappa shape index (κ2) is 7.45. The topological polar surface area (TPSA) is 90.2 Å². The number of amides is 2. The lowest BCUT2D eigenvalue weighted by atomic mass is 10.1. The highest BCUT2D eigenvalue weighted by Crippen LogP contribution is 2.30. The van der Waals surface area contributed by atoms with Gasteiger partial charge in [0.1, 0.15) is 10.0 Å².